The van der Waals surface area contributed by atoms with Crippen LogP contribution < -0.4 is 14.6 Å². The molecule has 21 heavy (non-hydrogen) atoms. The number of methoxy groups -OCH3 is 2. The average molecular weight is 314 g/mol. The summed E-state index contributed by atoms with van der Waals surface area (Å²) in [4.78, 5) is 13.4. The minimum Gasteiger partial charge on any atom is -0.497 e. The van der Waals surface area contributed by atoms with E-state index in [1.807, 2.05) is 0 Å². The van der Waals surface area contributed by atoms with Crippen LogP contribution in [0.4, 0.5) is 0 Å². The molecule has 7 nitrogen and oxygen atoms in total. The van der Waals surface area contributed by atoms with Crippen LogP contribution in [0.3, 0.4) is 0 Å². The van der Waals surface area contributed by atoms with Gasteiger partial charge in [-0.2, -0.15) is 0 Å². The van der Waals surface area contributed by atoms with Crippen LogP contribution in [0.5, 0.6) is 11.5 Å². The van der Waals surface area contributed by atoms with Crippen molar-refractivity contribution in [2.75, 3.05) is 20.8 Å². The lowest BCUT2D eigenvalue weighted by atomic mass is 10.2. The first-order valence-corrected chi connectivity index (χ1v) is 7.96. The second kappa shape index (κ2) is 5.90. The third-order valence-electron chi connectivity index (χ3n) is 3.50. The van der Waals surface area contributed by atoms with Crippen molar-refractivity contribution in [1.29, 1.82) is 0 Å². The molecule has 8 heteroatoms. The van der Waals surface area contributed by atoms with Crippen molar-refractivity contribution in [2.45, 2.75) is 18.2 Å². The molecule has 1 amide bonds. The molecule has 1 aromatic carbocycles. The van der Waals surface area contributed by atoms with E-state index >= 15 is 0 Å². The highest BCUT2D eigenvalue weighted by atomic mass is 32.2. The fourth-order valence-electron chi connectivity index (χ4n) is 2.30. The van der Waals surface area contributed by atoms with Gasteiger partial charge in [0, 0.05) is 31.1 Å². The van der Waals surface area contributed by atoms with Gasteiger partial charge in [-0.25, -0.2) is 13.6 Å². The molecule has 1 saturated heterocycles. The van der Waals surface area contributed by atoms with Crippen molar-refractivity contribution in [2.24, 2.45) is 5.14 Å². The minimum absolute atomic E-state index is 0.0721. The summed E-state index contributed by atoms with van der Waals surface area (Å²) in [5, 5.41) is 4.27. The van der Waals surface area contributed by atoms with Crippen LogP contribution in [0.25, 0.3) is 0 Å². The van der Waals surface area contributed by atoms with Crippen LogP contribution in [-0.2, 0) is 21.4 Å². The molecule has 0 saturated carbocycles. The van der Waals surface area contributed by atoms with Crippen molar-refractivity contribution in [3.05, 3.63) is 23.8 Å². The highest BCUT2D eigenvalue weighted by Crippen LogP contribution is 2.27. The van der Waals surface area contributed by atoms with Gasteiger partial charge in [0.1, 0.15) is 16.7 Å². The summed E-state index contributed by atoms with van der Waals surface area (Å²) >= 11 is 0. The molecule has 1 aromatic rings. The first-order chi connectivity index (χ1) is 9.85. The quantitative estimate of drug-likeness (QED) is 0.830. The molecule has 2 N–H and O–H groups in total. The Morgan fingerprint density at radius 3 is 2.57 bits per heavy atom. The monoisotopic (exact) mass is 314 g/mol. The number of amides is 1. The summed E-state index contributed by atoms with van der Waals surface area (Å²) in [6.07, 6.45) is -0.0721. The number of ether oxygens (including phenoxy) is 2. The molecule has 1 fully saturated rings. The van der Waals surface area contributed by atoms with E-state index in [1.54, 1.807) is 25.3 Å². The van der Waals surface area contributed by atoms with E-state index in [9.17, 15) is 13.2 Å². The van der Waals surface area contributed by atoms with Gasteiger partial charge >= 0.3 is 0 Å². The minimum atomic E-state index is -3.70. The number of hydrogen-bond acceptors (Lipinski definition) is 5. The van der Waals surface area contributed by atoms with E-state index in [2.05, 4.69) is 0 Å². The summed E-state index contributed by atoms with van der Waals surface area (Å²) in [5.74, 6) is 0.999. The molecule has 0 radical (unpaired) electrons. The van der Waals surface area contributed by atoms with Crippen LogP contribution in [-0.4, -0.2) is 45.2 Å². The second-order valence-corrected chi connectivity index (χ2v) is 6.71. The molecule has 0 aliphatic carbocycles. The third-order valence-corrected chi connectivity index (χ3v) is 4.74. The molecular weight excluding hydrogens is 296 g/mol. The molecule has 2 rings (SSSR count). The van der Waals surface area contributed by atoms with Gasteiger partial charge in [-0.3, -0.25) is 4.79 Å². The second-order valence-electron chi connectivity index (χ2n) is 4.87. The molecule has 116 valence electrons. The summed E-state index contributed by atoms with van der Waals surface area (Å²) in [6.45, 7) is 0.380. The van der Waals surface area contributed by atoms with Crippen LogP contribution in [0, 0.1) is 0 Å². The van der Waals surface area contributed by atoms with Crippen LogP contribution >= 0.6 is 0 Å². The van der Waals surface area contributed by atoms with Crippen molar-refractivity contribution in [1.82, 2.24) is 4.90 Å². The Hall–Kier alpha value is -1.80. The summed E-state index contributed by atoms with van der Waals surface area (Å²) < 4.78 is 33.1. The number of primary sulfonamides is 1. The SMILES string of the molecule is COc1ccc(CN2CC(S(N)(=O)=O)CC2=O)c(OC)c1. The zero-order valence-corrected chi connectivity index (χ0v) is 12.7. The first-order valence-electron chi connectivity index (χ1n) is 6.35. The molecule has 0 bridgehead atoms. The van der Waals surface area contributed by atoms with Gasteiger partial charge in [-0.1, -0.05) is 0 Å². The number of carbonyl (C=O) groups is 1. The molecule has 0 aromatic heterocycles. The van der Waals surface area contributed by atoms with Gasteiger partial charge in [0.15, 0.2) is 0 Å². The number of rotatable bonds is 5. The summed E-state index contributed by atoms with van der Waals surface area (Å²) in [7, 11) is -0.625. The lowest BCUT2D eigenvalue weighted by Crippen LogP contribution is -2.32. The van der Waals surface area contributed by atoms with Gasteiger partial charge in [-0.05, 0) is 12.1 Å². The molecular formula is C13H18N2O5S. The predicted octanol–water partition coefficient (Wildman–Crippen LogP) is 0.0932. The number of carbonyl (C=O) groups excluding carboxylic acids is 1. The number of benzene rings is 1. The Labute approximate surface area is 123 Å². The van der Waals surface area contributed by atoms with Gasteiger partial charge in [-0.15, -0.1) is 0 Å². The van der Waals surface area contributed by atoms with Crippen molar-refractivity contribution in [3.63, 3.8) is 0 Å². The number of nitrogens with zero attached hydrogens (tertiary/aromatic N) is 1. The number of likely N-dealkylation sites (tertiary alicyclic amines) is 1. The summed E-state index contributed by atoms with van der Waals surface area (Å²) in [6, 6.07) is 5.26. The van der Waals surface area contributed by atoms with E-state index in [4.69, 9.17) is 14.6 Å². The summed E-state index contributed by atoms with van der Waals surface area (Å²) in [5.41, 5.74) is 0.779. The Balaban J connectivity index is 2.17. The topological polar surface area (TPSA) is 98.9 Å². The molecule has 1 heterocycles. The van der Waals surface area contributed by atoms with E-state index in [0.29, 0.717) is 11.5 Å². The predicted molar refractivity (Wildman–Crippen MR) is 76.5 cm³/mol. The maximum Gasteiger partial charge on any atom is 0.224 e. The van der Waals surface area contributed by atoms with E-state index in [1.165, 1.54) is 12.0 Å². The average Bonchev–Trinajstić information content (AvgIpc) is 2.80. The maximum absolute atomic E-state index is 11.9. The normalized spacial score (nSPS) is 18.9. The number of sulfonamides is 1. The molecule has 1 aliphatic heterocycles. The van der Waals surface area contributed by atoms with E-state index in [-0.39, 0.29) is 25.4 Å². The zero-order chi connectivity index (χ0) is 15.6. The van der Waals surface area contributed by atoms with Gasteiger partial charge in [0.25, 0.3) is 0 Å². The van der Waals surface area contributed by atoms with Crippen LogP contribution in [0.2, 0.25) is 0 Å². The van der Waals surface area contributed by atoms with Crippen LogP contribution in [0.1, 0.15) is 12.0 Å². The van der Waals surface area contributed by atoms with Crippen molar-refractivity contribution >= 4 is 15.9 Å². The van der Waals surface area contributed by atoms with Gasteiger partial charge in [0.05, 0.1) is 14.2 Å². The fraction of sp³-hybridized carbons (Fsp3) is 0.462. The number of nitrogens with two attached hydrogens (primary N) is 1. The van der Waals surface area contributed by atoms with Gasteiger partial charge in [0.2, 0.25) is 15.9 Å². The Bertz CT molecular complexity index is 644. The lowest BCUT2D eigenvalue weighted by Gasteiger charge is -2.18. The lowest BCUT2D eigenvalue weighted by molar-refractivity contribution is -0.128. The fourth-order valence-corrected chi connectivity index (χ4v) is 3.06. The largest absolute Gasteiger partial charge is 0.497 e. The highest BCUT2D eigenvalue weighted by molar-refractivity contribution is 7.89. The third kappa shape index (κ3) is 3.45. The molecule has 1 atom stereocenters. The Morgan fingerprint density at radius 2 is 2.05 bits per heavy atom. The van der Waals surface area contributed by atoms with Crippen LogP contribution in [0.15, 0.2) is 18.2 Å². The first kappa shape index (κ1) is 15.6. The smallest absolute Gasteiger partial charge is 0.224 e. The number of hydrogen-bond donors (Lipinski definition) is 1. The standard InChI is InChI=1S/C13H18N2O5S/c1-19-10-4-3-9(12(5-10)20-2)7-15-8-11(6-13(15)16)21(14,17)18/h3-5,11H,6-8H2,1-2H3,(H2,14,17,18). The Morgan fingerprint density at radius 1 is 1.33 bits per heavy atom. The van der Waals surface area contributed by atoms with E-state index in [0.717, 1.165) is 5.56 Å². The molecule has 1 aliphatic rings. The van der Waals surface area contributed by atoms with Crippen molar-refractivity contribution < 1.29 is 22.7 Å². The molecule has 1 unspecified atom stereocenters. The zero-order valence-electron chi connectivity index (χ0n) is 11.9. The van der Waals surface area contributed by atoms with Crippen molar-refractivity contribution in [3.8, 4) is 11.5 Å². The Kier molecular flexibility index (Phi) is 4.38. The highest BCUT2D eigenvalue weighted by Gasteiger charge is 2.36. The maximum atomic E-state index is 11.9. The van der Waals surface area contributed by atoms with E-state index < -0.39 is 15.3 Å². The molecule has 0 spiro atoms. The van der Waals surface area contributed by atoms with Gasteiger partial charge < -0.3 is 14.4 Å².